The lowest BCUT2D eigenvalue weighted by Gasteiger charge is -2.08. The average Bonchev–Trinajstić information content (AvgIpc) is 2.99. The molecule has 5 heteroatoms. The van der Waals surface area contributed by atoms with Gasteiger partial charge in [-0.3, -0.25) is 4.79 Å². The SMILES string of the molecule is Cc1ccc(C(=O)NCC[C@H](O)c2ccco2)s1. The number of hydrogen-bond acceptors (Lipinski definition) is 4. The summed E-state index contributed by atoms with van der Waals surface area (Å²) in [6, 6.07) is 7.16. The van der Waals surface area contributed by atoms with Gasteiger partial charge in [0.1, 0.15) is 11.9 Å². The summed E-state index contributed by atoms with van der Waals surface area (Å²) in [6.45, 7) is 2.37. The Morgan fingerprint density at radius 2 is 2.33 bits per heavy atom. The van der Waals surface area contributed by atoms with Gasteiger partial charge in [-0.15, -0.1) is 11.3 Å². The van der Waals surface area contributed by atoms with Crippen LogP contribution >= 0.6 is 11.3 Å². The summed E-state index contributed by atoms with van der Waals surface area (Å²) in [4.78, 5) is 13.5. The van der Waals surface area contributed by atoms with Crippen LogP contribution in [0, 0.1) is 6.92 Å². The van der Waals surface area contributed by atoms with Gasteiger partial charge in [-0.05, 0) is 37.6 Å². The summed E-state index contributed by atoms with van der Waals surface area (Å²) >= 11 is 1.46. The number of rotatable bonds is 5. The molecule has 2 N–H and O–H groups in total. The molecule has 0 aromatic carbocycles. The van der Waals surface area contributed by atoms with Crippen molar-refractivity contribution in [3.63, 3.8) is 0 Å². The van der Waals surface area contributed by atoms with E-state index in [4.69, 9.17) is 4.42 Å². The van der Waals surface area contributed by atoms with Crippen LogP contribution in [0.4, 0.5) is 0 Å². The van der Waals surface area contributed by atoms with E-state index in [0.29, 0.717) is 23.6 Å². The van der Waals surface area contributed by atoms with Crippen LogP contribution in [0.5, 0.6) is 0 Å². The van der Waals surface area contributed by atoms with Crippen molar-refractivity contribution in [3.05, 3.63) is 46.0 Å². The molecule has 2 aromatic rings. The highest BCUT2D eigenvalue weighted by Gasteiger charge is 2.12. The first-order valence-electron chi connectivity index (χ1n) is 5.73. The fourth-order valence-electron chi connectivity index (χ4n) is 1.59. The molecule has 2 rings (SSSR count). The van der Waals surface area contributed by atoms with Crippen molar-refractivity contribution in [1.82, 2.24) is 5.32 Å². The molecule has 1 atom stereocenters. The number of thiophene rings is 1. The zero-order valence-electron chi connectivity index (χ0n) is 10.1. The van der Waals surface area contributed by atoms with Crippen molar-refractivity contribution in [2.45, 2.75) is 19.4 Å². The fraction of sp³-hybridized carbons (Fsp3) is 0.308. The van der Waals surface area contributed by atoms with E-state index in [9.17, 15) is 9.90 Å². The number of aliphatic hydroxyl groups excluding tert-OH is 1. The van der Waals surface area contributed by atoms with Crippen LogP contribution in [-0.2, 0) is 0 Å². The quantitative estimate of drug-likeness (QED) is 0.873. The summed E-state index contributed by atoms with van der Waals surface area (Å²) < 4.78 is 5.08. The molecule has 0 spiro atoms. The molecule has 0 saturated carbocycles. The normalized spacial score (nSPS) is 12.3. The molecule has 0 bridgehead atoms. The number of aryl methyl sites for hydroxylation is 1. The smallest absolute Gasteiger partial charge is 0.261 e. The van der Waals surface area contributed by atoms with E-state index in [1.54, 1.807) is 18.2 Å². The van der Waals surface area contributed by atoms with Crippen LogP contribution in [0.3, 0.4) is 0 Å². The molecular formula is C13H15NO3S. The minimum atomic E-state index is -0.676. The van der Waals surface area contributed by atoms with Crippen LogP contribution in [0.2, 0.25) is 0 Å². The molecule has 0 aliphatic rings. The lowest BCUT2D eigenvalue weighted by molar-refractivity contribution is 0.0940. The Morgan fingerprint density at radius 1 is 1.50 bits per heavy atom. The first-order valence-corrected chi connectivity index (χ1v) is 6.54. The maximum Gasteiger partial charge on any atom is 0.261 e. The van der Waals surface area contributed by atoms with Gasteiger partial charge in [0, 0.05) is 11.4 Å². The molecule has 96 valence electrons. The summed E-state index contributed by atoms with van der Waals surface area (Å²) in [6.07, 6.45) is 1.28. The largest absolute Gasteiger partial charge is 0.467 e. The maximum absolute atomic E-state index is 11.7. The molecule has 4 nitrogen and oxygen atoms in total. The summed E-state index contributed by atoms with van der Waals surface area (Å²) in [5, 5.41) is 12.5. The summed E-state index contributed by atoms with van der Waals surface area (Å²) in [5.74, 6) is 0.427. The van der Waals surface area contributed by atoms with Crippen molar-refractivity contribution < 1.29 is 14.3 Å². The molecular weight excluding hydrogens is 250 g/mol. The van der Waals surface area contributed by atoms with Gasteiger partial charge in [-0.2, -0.15) is 0 Å². The first kappa shape index (κ1) is 12.9. The van der Waals surface area contributed by atoms with Gasteiger partial charge in [-0.25, -0.2) is 0 Å². The number of carbonyl (C=O) groups is 1. The van der Waals surface area contributed by atoms with Crippen LogP contribution in [0.25, 0.3) is 0 Å². The molecule has 2 aromatic heterocycles. The van der Waals surface area contributed by atoms with Crippen LogP contribution in [0.1, 0.15) is 32.8 Å². The zero-order chi connectivity index (χ0) is 13.0. The second-order valence-corrected chi connectivity index (χ2v) is 5.27. The highest BCUT2D eigenvalue weighted by Crippen LogP contribution is 2.17. The minimum Gasteiger partial charge on any atom is -0.467 e. The second kappa shape index (κ2) is 5.84. The second-order valence-electron chi connectivity index (χ2n) is 3.99. The molecule has 1 amide bonds. The van der Waals surface area contributed by atoms with E-state index in [0.717, 1.165) is 4.88 Å². The number of furan rings is 1. The molecule has 0 aliphatic heterocycles. The van der Waals surface area contributed by atoms with Gasteiger partial charge in [0.15, 0.2) is 0 Å². The number of aliphatic hydroxyl groups is 1. The van der Waals surface area contributed by atoms with E-state index >= 15 is 0 Å². The third-order valence-electron chi connectivity index (χ3n) is 2.54. The Balaban J connectivity index is 1.77. The Labute approximate surface area is 109 Å². The average molecular weight is 265 g/mol. The van der Waals surface area contributed by atoms with Gasteiger partial charge in [0.05, 0.1) is 11.1 Å². The molecule has 18 heavy (non-hydrogen) atoms. The Kier molecular flexibility index (Phi) is 4.17. The van der Waals surface area contributed by atoms with Crippen LogP contribution in [-0.4, -0.2) is 17.6 Å². The van der Waals surface area contributed by atoms with Crippen LogP contribution in [0.15, 0.2) is 34.9 Å². The van der Waals surface area contributed by atoms with Crippen LogP contribution < -0.4 is 5.32 Å². The molecule has 0 aliphatic carbocycles. The van der Waals surface area contributed by atoms with Crippen molar-refractivity contribution in [3.8, 4) is 0 Å². The van der Waals surface area contributed by atoms with Crippen molar-refractivity contribution in [2.24, 2.45) is 0 Å². The third-order valence-corrected chi connectivity index (χ3v) is 3.54. The fourth-order valence-corrected chi connectivity index (χ4v) is 2.37. The lowest BCUT2D eigenvalue weighted by Crippen LogP contribution is -2.24. The van der Waals surface area contributed by atoms with E-state index in [-0.39, 0.29) is 5.91 Å². The lowest BCUT2D eigenvalue weighted by atomic mass is 10.2. The van der Waals surface area contributed by atoms with Gasteiger partial charge in [0.25, 0.3) is 5.91 Å². The summed E-state index contributed by atoms with van der Waals surface area (Å²) in [5.41, 5.74) is 0. The molecule has 0 fully saturated rings. The topological polar surface area (TPSA) is 62.5 Å². The van der Waals surface area contributed by atoms with Gasteiger partial charge in [-0.1, -0.05) is 0 Å². The standard InChI is InChI=1S/C13H15NO3S/c1-9-4-5-12(18-9)13(16)14-7-6-10(15)11-3-2-8-17-11/h2-5,8,10,15H,6-7H2,1H3,(H,14,16)/t10-/m0/s1. The molecule has 0 radical (unpaired) electrons. The Morgan fingerprint density at radius 3 is 2.94 bits per heavy atom. The number of nitrogens with one attached hydrogen (secondary N) is 1. The number of carbonyl (C=O) groups excluding carboxylic acids is 1. The Bertz CT molecular complexity index is 504. The number of amides is 1. The molecule has 0 unspecified atom stereocenters. The van der Waals surface area contributed by atoms with E-state index < -0.39 is 6.10 Å². The van der Waals surface area contributed by atoms with Gasteiger partial charge < -0.3 is 14.8 Å². The van der Waals surface area contributed by atoms with E-state index in [1.807, 2.05) is 13.0 Å². The Hall–Kier alpha value is -1.59. The predicted octanol–water partition coefficient (Wildman–Crippen LogP) is 2.50. The highest BCUT2D eigenvalue weighted by molar-refractivity contribution is 7.13. The van der Waals surface area contributed by atoms with Gasteiger partial charge >= 0.3 is 0 Å². The highest BCUT2D eigenvalue weighted by atomic mass is 32.1. The predicted molar refractivity (Wildman–Crippen MR) is 69.7 cm³/mol. The summed E-state index contributed by atoms with van der Waals surface area (Å²) in [7, 11) is 0. The molecule has 0 saturated heterocycles. The van der Waals surface area contributed by atoms with Crippen molar-refractivity contribution in [2.75, 3.05) is 6.54 Å². The minimum absolute atomic E-state index is 0.0975. The van der Waals surface area contributed by atoms with Crippen molar-refractivity contribution >= 4 is 17.2 Å². The maximum atomic E-state index is 11.7. The van der Waals surface area contributed by atoms with E-state index in [1.165, 1.54) is 17.6 Å². The van der Waals surface area contributed by atoms with E-state index in [2.05, 4.69) is 5.32 Å². The molecule has 2 heterocycles. The van der Waals surface area contributed by atoms with Crippen molar-refractivity contribution in [1.29, 1.82) is 0 Å². The third kappa shape index (κ3) is 3.21. The first-order chi connectivity index (χ1) is 8.66. The zero-order valence-corrected chi connectivity index (χ0v) is 10.9. The van der Waals surface area contributed by atoms with Gasteiger partial charge in [0.2, 0.25) is 0 Å². The number of hydrogen-bond donors (Lipinski definition) is 2. The monoisotopic (exact) mass is 265 g/mol.